The van der Waals surface area contributed by atoms with Gasteiger partial charge >= 0.3 is 0 Å². The highest BCUT2D eigenvalue weighted by molar-refractivity contribution is 5.99. The van der Waals surface area contributed by atoms with Crippen molar-refractivity contribution in [1.29, 1.82) is 5.26 Å². The minimum atomic E-state index is -0.934. The van der Waals surface area contributed by atoms with Crippen LogP contribution in [-0.2, 0) is 9.59 Å². The molecule has 1 aromatic rings. The Hall–Kier alpha value is -2.88. The number of rotatable bonds is 6. The van der Waals surface area contributed by atoms with Crippen LogP contribution in [0.2, 0.25) is 0 Å². The summed E-state index contributed by atoms with van der Waals surface area (Å²) in [6, 6.07) is 7.30. The van der Waals surface area contributed by atoms with Gasteiger partial charge in [-0.2, -0.15) is 5.26 Å². The van der Waals surface area contributed by atoms with E-state index in [9.17, 15) is 14.4 Å². The first-order valence-electron chi connectivity index (χ1n) is 6.70. The number of carbonyl (C=O) groups excluding carboxylic acids is 3. The predicted octanol–water partition coefficient (Wildman–Crippen LogP) is 0.778. The quantitative estimate of drug-likeness (QED) is 0.717. The third-order valence-corrected chi connectivity index (χ3v) is 3.02. The number of benzene rings is 1. The van der Waals surface area contributed by atoms with Crippen molar-refractivity contribution in [2.45, 2.75) is 26.3 Å². The highest BCUT2D eigenvalue weighted by Crippen LogP contribution is 2.12. The molecule has 0 unspecified atom stereocenters. The second-order valence-electron chi connectivity index (χ2n) is 4.96. The van der Waals surface area contributed by atoms with Crippen LogP contribution in [0, 0.1) is 17.2 Å². The van der Waals surface area contributed by atoms with Crippen LogP contribution in [0.3, 0.4) is 0 Å². The molecule has 0 saturated carbocycles. The number of amides is 3. The largest absolute Gasteiger partial charge is 0.368 e. The van der Waals surface area contributed by atoms with Crippen molar-refractivity contribution in [1.82, 2.24) is 5.32 Å². The number of nitriles is 1. The minimum Gasteiger partial charge on any atom is -0.368 e. The van der Waals surface area contributed by atoms with Gasteiger partial charge in [-0.25, -0.2) is 0 Å². The lowest BCUT2D eigenvalue weighted by Crippen LogP contribution is -2.48. The standard InChI is InChI=1S/C15H18N4O3/c1-9(6-7-16)13(14(17)21)19-15(22)11-4-3-5-12(8-11)18-10(2)20/h3-5,8-9,13H,6H2,1-2H3,(H2,17,21)(H,18,20)(H,19,22)/t9-,13+/m0/s1. The number of nitrogens with one attached hydrogen (secondary N) is 2. The maximum atomic E-state index is 12.2. The fourth-order valence-corrected chi connectivity index (χ4v) is 1.92. The van der Waals surface area contributed by atoms with E-state index in [0.717, 1.165) is 0 Å². The van der Waals surface area contributed by atoms with Crippen LogP contribution in [0.5, 0.6) is 0 Å². The van der Waals surface area contributed by atoms with Crippen molar-refractivity contribution < 1.29 is 14.4 Å². The van der Waals surface area contributed by atoms with Gasteiger partial charge in [0.25, 0.3) is 5.91 Å². The molecule has 0 radical (unpaired) electrons. The Morgan fingerprint density at radius 3 is 2.59 bits per heavy atom. The summed E-state index contributed by atoms with van der Waals surface area (Å²) in [6.07, 6.45) is 0.0970. The first-order valence-corrected chi connectivity index (χ1v) is 6.70. The zero-order valence-electron chi connectivity index (χ0n) is 12.4. The summed E-state index contributed by atoms with van der Waals surface area (Å²) in [5.74, 6) is -1.85. The number of primary amides is 1. The first-order chi connectivity index (χ1) is 10.3. The van der Waals surface area contributed by atoms with Gasteiger partial charge in [0.1, 0.15) is 6.04 Å². The second-order valence-corrected chi connectivity index (χ2v) is 4.96. The molecule has 0 heterocycles. The first kappa shape index (κ1) is 17.2. The Balaban J connectivity index is 2.88. The van der Waals surface area contributed by atoms with Gasteiger partial charge in [-0.3, -0.25) is 14.4 Å². The number of anilines is 1. The van der Waals surface area contributed by atoms with Gasteiger partial charge in [0, 0.05) is 24.6 Å². The normalized spacial score (nSPS) is 12.6. The maximum absolute atomic E-state index is 12.2. The fraction of sp³-hybridized carbons (Fsp3) is 0.333. The molecule has 22 heavy (non-hydrogen) atoms. The van der Waals surface area contributed by atoms with Crippen molar-refractivity contribution in [3.63, 3.8) is 0 Å². The molecule has 0 fully saturated rings. The van der Waals surface area contributed by atoms with E-state index in [2.05, 4.69) is 10.6 Å². The van der Waals surface area contributed by atoms with Crippen LogP contribution in [0.15, 0.2) is 24.3 Å². The molecule has 1 rings (SSSR count). The molecule has 0 spiro atoms. The second kappa shape index (κ2) is 7.78. The Morgan fingerprint density at radius 1 is 1.36 bits per heavy atom. The zero-order chi connectivity index (χ0) is 16.7. The summed E-state index contributed by atoms with van der Waals surface area (Å²) in [6.45, 7) is 3.02. The molecule has 0 aliphatic heterocycles. The van der Waals surface area contributed by atoms with E-state index in [-0.39, 0.29) is 17.9 Å². The van der Waals surface area contributed by atoms with Crippen LogP contribution in [0.1, 0.15) is 30.6 Å². The van der Waals surface area contributed by atoms with Crippen LogP contribution < -0.4 is 16.4 Å². The van der Waals surface area contributed by atoms with Crippen molar-refractivity contribution in [3.8, 4) is 6.07 Å². The minimum absolute atomic E-state index is 0.0970. The number of hydrogen-bond acceptors (Lipinski definition) is 4. The van der Waals surface area contributed by atoms with Gasteiger partial charge in [-0.05, 0) is 24.1 Å². The third kappa shape index (κ3) is 4.90. The van der Waals surface area contributed by atoms with E-state index >= 15 is 0 Å². The van der Waals surface area contributed by atoms with E-state index in [1.165, 1.54) is 13.0 Å². The lowest BCUT2D eigenvalue weighted by molar-refractivity contribution is -0.121. The topological polar surface area (TPSA) is 125 Å². The Bertz CT molecular complexity index is 621. The summed E-state index contributed by atoms with van der Waals surface area (Å²) < 4.78 is 0. The Kier molecular flexibility index (Phi) is 6.08. The number of hydrogen-bond donors (Lipinski definition) is 3. The van der Waals surface area contributed by atoms with Crippen LogP contribution in [-0.4, -0.2) is 23.8 Å². The lowest BCUT2D eigenvalue weighted by atomic mass is 9.98. The van der Waals surface area contributed by atoms with E-state index in [0.29, 0.717) is 5.69 Å². The van der Waals surface area contributed by atoms with Gasteiger partial charge in [-0.1, -0.05) is 13.0 Å². The summed E-state index contributed by atoms with van der Waals surface area (Å²) in [5.41, 5.74) is 6.02. The van der Waals surface area contributed by atoms with Crippen molar-refractivity contribution >= 4 is 23.4 Å². The third-order valence-electron chi connectivity index (χ3n) is 3.02. The smallest absolute Gasteiger partial charge is 0.252 e. The summed E-state index contributed by atoms with van der Waals surface area (Å²) in [7, 11) is 0. The van der Waals surface area contributed by atoms with Gasteiger partial charge in [0.05, 0.1) is 6.07 Å². The molecule has 0 aliphatic carbocycles. The average molecular weight is 302 g/mol. The number of carbonyl (C=O) groups is 3. The molecular formula is C15H18N4O3. The Morgan fingerprint density at radius 2 is 2.05 bits per heavy atom. The van der Waals surface area contributed by atoms with Gasteiger partial charge in [0.2, 0.25) is 11.8 Å². The molecule has 7 nitrogen and oxygen atoms in total. The van der Waals surface area contributed by atoms with Crippen LogP contribution in [0.25, 0.3) is 0 Å². The molecule has 0 bridgehead atoms. The highest BCUT2D eigenvalue weighted by atomic mass is 16.2. The molecular weight excluding hydrogens is 284 g/mol. The van der Waals surface area contributed by atoms with Crippen molar-refractivity contribution in [2.75, 3.05) is 5.32 Å². The number of nitrogens with two attached hydrogens (primary N) is 1. The molecule has 0 aliphatic rings. The summed E-state index contributed by atoms with van der Waals surface area (Å²) >= 11 is 0. The molecule has 0 saturated heterocycles. The zero-order valence-corrected chi connectivity index (χ0v) is 12.4. The molecule has 116 valence electrons. The molecule has 2 atom stereocenters. The lowest BCUT2D eigenvalue weighted by Gasteiger charge is -2.20. The van der Waals surface area contributed by atoms with Crippen LogP contribution >= 0.6 is 0 Å². The van der Waals surface area contributed by atoms with Gasteiger partial charge in [0.15, 0.2) is 0 Å². The van der Waals surface area contributed by atoms with E-state index in [1.54, 1.807) is 25.1 Å². The van der Waals surface area contributed by atoms with Gasteiger partial charge in [-0.15, -0.1) is 0 Å². The van der Waals surface area contributed by atoms with Gasteiger partial charge < -0.3 is 16.4 Å². The number of nitrogens with zero attached hydrogens (tertiary/aromatic N) is 1. The van der Waals surface area contributed by atoms with Crippen LogP contribution in [0.4, 0.5) is 5.69 Å². The SMILES string of the molecule is CC(=O)Nc1cccc(C(=O)N[C@@H](C(N)=O)[C@@H](C)CC#N)c1. The molecule has 1 aromatic carbocycles. The summed E-state index contributed by atoms with van der Waals surface area (Å²) in [4.78, 5) is 34.6. The van der Waals surface area contributed by atoms with Crippen molar-refractivity contribution in [3.05, 3.63) is 29.8 Å². The molecule has 4 N–H and O–H groups in total. The highest BCUT2D eigenvalue weighted by Gasteiger charge is 2.25. The average Bonchev–Trinajstić information content (AvgIpc) is 2.43. The van der Waals surface area contributed by atoms with E-state index in [4.69, 9.17) is 11.0 Å². The molecule has 3 amide bonds. The predicted molar refractivity (Wildman–Crippen MR) is 80.6 cm³/mol. The Labute approximate surface area is 128 Å². The van der Waals surface area contributed by atoms with Crippen molar-refractivity contribution in [2.24, 2.45) is 11.7 Å². The van der Waals surface area contributed by atoms with E-state index in [1.807, 2.05) is 6.07 Å². The van der Waals surface area contributed by atoms with E-state index < -0.39 is 23.8 Å². The maximum Gasteiger partial charge on any atom is 0.252 e. The fourth-order valence-electron chi connectivity index (χ4n) is 1.92. The summed E-state index contributed by atoms with van der Waals surface area (Å²) in [5, 5.41) is 13.8. The molecule has 0 aromatic heterocycles. The monoisotopic (exact) mass is 302 g/mol. The molecule has 7 heteroatoms.